The zero-order valence-electron chi connectivity index (χ0n) is 21.2. The van der Waals surface area contributed by atoms with Gasteiger partial charge in [-0.3, -0.25) is 14.7 Å². The zero-order chi connectivity index (χ0) is 25.7. The lowest BCUT2D eigenvalue weighted by Crippen LogP contribution is -2.33. The SMILES string of the molecule is COc1cc(-c2cn[nH]c2)ccc1NC(=O)C1COc2ccc(C(=O)N(C)CCCN(C)C)cc2C1. The molecule has 2 N–H and O–H groups in total. The highest BCUT2D eigenvalue weighted by atomic mass is 16.5. The van der Waals surface area contributed by atoms with Crippen LogP contribution in [0.25, 0.3) is 11.1 Å². The molecule has 0 spiro atoms. The van der Waals surface area contributed by atoms with E-state index in [0.717, 1.165) is 29.7 Å². The van der Waals surface area contributed by atoms with Gasteiger partial charge in [0.2, 0.25) is 5.91 Å². The van der Waals surface area contributed by atoms with Gasteiger partial charge in [0, 0.05) is 30.9 Å². The summed E-state index contributed by atoms with van der Waals surface area (Å²) in [6, 6.07) is 11.0. The second-order valence-electron chi connectivity index (χ2n) is 9.31. The van der Waals surface area contributed by atoms with Crippen LogP contribution in [0.5, 0.6) is 11.5 Å². The molecule has 1 atom stereocenters. The molecule has 190 valence electrons. The fraction of sp³-hybridized carbons (Fsp3) is 0.370. The maximum atomic E-state index is 13.1. The molecule has 4 rings (SSSR count). The first-order valence-corrected chi connectivity index (χ1v) is 12.0. The van der Waals surface area contributed by atoms with Crippen LogP contribution in [-0.4, -0.2) is 79.8 Å². The number of benzene rings is 2. The summed E-state index contributed by atoms with van der Waals surface area (Å²) in [5, 5.41) is 9.74. The number of rotatable bonds is 9. The number of aromatic nitrogens is 2. The van der Waals surface area contributed by atoms with Crippen molar-refractivity contribution in [3.63, 3.8) is 0 Å². The van der Waals surface area contributed by atoms with Crippen molar-refractivity contribution in [1.82, 2.24) is 20.0 Å². The molecule has 1 aliphatic rings. The molecule has 9 nitrogen and oxygen atoms in total. The van der Waals surface area contributed by atoms with E-state index in [4.69, 9.17) is 9.47 Å². The second kappa shape index (κ2) is 11.3. The van der Waals surface area contributed by atoms with Crippen molar-refractivity contribution in [3.05, 3.63) is 59.9 Å². The minimum absolute atomic E-state index is 0.0365. The van der Waals surface area contributed by atoms with Gasteiger partial charge in [0.05, 0.1) is 24.9 Å². The number of anilines is 1. The first-order chi connectivity index (χ1) is 17.4. The van der Waals surface area contributed by atoms with Crippen molar-refractivity contribution in [2.45, 2.75) is 12.8 Å². The summed E-state index contributed by atoms with van der Waals surface area (Å²) in [5.41, 5.74) is 3.90. The van der Waals surface area contributed by atoms with Crippen molar-refractivity contribution < 1.29 is 19.1 Å². The Labute approximate surface area is 211 Å². The maximum Gasteiger partial charge on any atom is 0.253 e. The number of aromatic amines is 1. The molecule has 1 aliphatic heterocycles. The Morgan fingerprint density at radius 1 is 1.14 bits per heavy atom. The van der Waals surface area contributed by atoms with E-state index >= 15 is 0 Å². The Morgan fingerprint density at radius 3 is 2.69 bits per heavy atom. The Bertz CT molecular complexity index is 1210. The first kappa shape index (κ1) is 25.2. The third-order valence-corrected chi connectivity index (χ3v) is 6.32. The summed E-state index contributed by atoms with van der Waals surface area (Å²) < 4.78 is 11.4. The average Bonchev–Trinajstić information content (AvgIpc) is 3.42. The number of nitrogens with one attached hydrogen (secondary N) is 2. The van der Waals surface area contributed by atoms with Crippen molar-refractivity contribution in [2.24, 2.45) is 5.92 Å². The van der Waals surface area contributed by atoms with E-state index in [9.17, 15) is 9.59 Å². The van der Waals surface area contributed by atoms with E-state index in [-0.39, 0.29) is 24.3 Å². The average molecular weight is 492 g/mol. The van der Waals surface area contributed by atoms with Crippen LogP contribution in [0.4, 0.5) is 5.69 Å². The van der Waals surface area contributed by atoms with Gasteiger partial charge >= 0.3 is 0 Å². The molecule has 3 aromatic rings. The quantitative estimate of drug-likeness (QED) is 0.477. The highest BCUT2D eigenvalue weighted by Crippen LogP contribution is 2.33. The highest BCUT2D eigenvalue weighted by molar-refractivity contribution is 5.96. The van der Waals surface area contributed by atoms with Gasteiger partial charge in [0.25, 0.3) is 5.91 Å². The Kier molecular flexibility index (Phi) is 7.90. The maximum absolute atomic E-state index is 13.1. The minimum Gasteiger partial charge on any atom is -0.495 e. The lowest BCUT2D eigenvalue weighted by Gasteiger charge is -2.26. The van der Waals surface area contributed by atoms with E-state index in [1.54, 1.807) is 30.5 Å². The molecule has 1 aromatic heterocycles. The standard InChI is InChI=1S/C27H33N5O4/c1-31(2)10-5-11-32(3)27(34)19-7-9-24-20(12-19)13-21(17-36-24)26(33)30-23-8-6-18(14-25(23)35-4)22-15-28-29-16-22/h6-9,12,14-16,21H,5,10-11,13,17H2,1-4H3,(H,28,29)(H,30,33). The van der Waals surface area contributed by atoms with Crippen LogP contribution >= 0.6 is 0 Å². The largest absolute Gasteiger partial charge is 0.495 e. The van der Waals surface area contributed by atoms with E-state index in [0.29, 0.717) is 35.7 Å². The summed E-state index contributed by atoms with van der Waals surface area (Å²) in [6.07, 6.45) is 4.91. The molecule has 2 aromatic carbocycles. The number of hydrogen-bond donors (Lipinski definition) is 2. The van der Waals surface area contributed by atoms with E-state index in [1.165, 1.54) is 0 Å². The van der Waals surface area contributed by atoms with Gasteiger partial charge in [-0.2, -0.15) is 5.10 Å². The number of nitrogens with zero attached hydrogens (tertiary/aromatic N) is 3. The number of fused-ring (bicyclic) bond motifs is 1. The van der Waals surface area contributed by atoms with Crippen LogP contribution in [-0.2, 0) is 11.2 Å². The molecule has 0 bridgehead atoms. The van der Waals surface area contributed by atoms with Crippen molar-refractivity contribution in [1.29, 1.82) is 0 Å². The molecular weight excluding hydrogens is 458 g/mol. The van der Waals surface area contributed by atoms with Gasteiger partial charge in [-0.25, -0.2) is 0 Å². The fourth-order valence-corrected chi connectivity index (χ4v) is 4.26. The number of ether oxygens (including phenoxy) is 2. The molecule has 0 saturated carbocycles. The second-order valence-corrected chi connectivity index (χ2v) is 9.31. The van der Waals surface area contributed by atoms with Crippen LogP contribution in [0.1, 0.15) is 22.3 Å². The van der Waals surface area contributed by atoms with E-state index < -0.39 is 0 Å². The number of carbonyl (C=O) groups excluding carboxylic acids is 2. The van der Waals surface area contributed by atoms with E-state index in [1.807, 2.05) is 51.5 Å². The van der Waals surface area contributed by atoms with Gasteiger partial charge in [-0.05, 0) is 74.9 Å². The van der Waals surface area contributed by atoms with Gasteiger partial charge in [-0.1, -0.05) is 6.07 Å². The topological polar surface area (TPSA) is 99.8 Å². The predicted octanol–water partition coefficient (Wildman–Crippen LogP) is 3.30. The lowest BCUT2D eigenvalue weighted by molar-refractivity contribution is -0.121. The van der Waals surface area contributed by atoms with Crippen molar-refractivity contribution >= 4 is 17.5 Å². The van der Waals surface area contributed by atoms with Crippen LogP contribution in [0, 0.1) is 5.92 Å². The molecule has 1 unspecified atom stereocenters. The molecule has 36 heavy (non-hydrogen) atoms. The van der Waals surface area contributed by atoms with E-state index in [2.05, 4.69) is 20.4 Å². The Balaban J connectivity index is 1.42. The molecule has 2 heterocycles. The summed E-state index contributed by atoms with van der Waals surface area (Å²) in [4.78, 5) is 29.9. The first-order valence-electron chi connectivity index (χ1n) is 12.0. The molecule has 0 radical (unpaired) electrons. The van der Waals surface area contributed by atoms with Gasteiger partial charge in [0.1, 0.15) is 18.1 Å². The summed E-state index contributed by atoms with van der Waals surface area (Å²) >= 11 is 0. The molecular formula is C27H33N5O4. The molecule has 0 saturated heterocycles. The van der Waals surface area contributed by atoms with Crippen molar-refractivity contribution in [2.75, 3.05) is 53.3 Å². The number of carbonyl (C=O) groups is 2. The van der Waals surface area contributed by atoms with Crippen LogP contribution in [0.2, 0.25) is 0 Å². The van der Waals surface area contributed by atoms with Crippen LogP contribution in [0.15, 0.2) is 48.8 Å². The number of methoxy groups -OCH3 is 1. The summed E-state index contributed by atoms with van der Waals surface area (Å²) in [6.45, 7) is 1.87. The molecule has 9 heteroatoms. The number of hydrogen-bond acceptors (Lipinski definition) is 6. The number of H-pyrrole nitrogens is 1. The van der Waals surface area contributed by atoms with Gasteiger partial charge < -0.3 is 24.6 Å². The van der Waals surface area contributed by atoms with Crippen molar-refractivity contribution in [3.8, 4) is 22.6 Å². The normalized spacial score (nSPS) is 14.6. The fourth-order valence-electron chi connectivity index (χ4n) is 4.26. The van der Waals surface area contributed by atoms with Gasteiger partial charge in [-0.15, -0.1) is 0 Å². The molecule has 0 fully saturated rings. The smallest absolute Gasteiger partial charge is 0.253 e. The Morgan fingerprint density at radius 2 is 1.97 bits per heavy atom. The summed E-state index contributed by atoms with van der Waals surface area (Å²) in [7, 11) is 7.42. The third kappa shape index (κ3) is 5.85. The Hall–Kier alpha value is -3.85. The monoisotopic (exact) mass is 491 g/mol. The number of amides is 2. The van der Waals surface area contributed by atoms with Crippen LogP contribution < -0.4 is 14.8 Å². The lowest BCUT2D eigenvalue weighted by atomic mass is 9.94. The molecule has 0 aliphatic carbocycles. The predicted molar refractivity (Wildman–Crippen MR) is 138 cm³/mol. The summed E-state index contributed by atoms with van der Waals surface area (Å²) in [5.74, 6) is 0.689. The third-order valence-electron chi connectivity index (χ3n) is 6.32. The zero-order valence-corrected chi connectivity index (χ0v) is 21.2. The van der Waals surface area contributed by atoms with Crippen LogP contribution in [0.3, 0.4) is 0 Å². The highest BCUT2D eigenvalue weighted by Gasteiger charge is 2.28. The van der Waals surface area contributed by atoms with Gasteiger partial charge in [0.15, 0.2) is 0 Å². The molecule has 2 amide bonds. The minimum atomic E-state index is -0.390.